The van der Waals surface area contributed by atoms with Crippen LogP contribution in [0.1, 0.15) is 21.4 Å². The lowest BCUT2D eigenvalue weighted by Crippen LogP contribution is -2.44. The zero-order valence-electron chi connectivity index (χ0n) is 12.9. The number of carbonyl (C=O) groups excluding carboxylic acids is 2. The normalized spacial score (nSPS) is 17.5. The highest BCUT2D eigenvalue weighted by atomic mass is 32.1. The van der Waals surface area contributed by atoms with Gasteiger partial charge in [0.2, 0.25) is 11.8 Å². The monoisotopic (exact) mass is 349 g/mol. The number of thiophene rings is 2. The van der Waals surface area contributed by atoms with Crippen LogP contribution in [0.5, 0.6) is 0 Å². The predicted octanol–water partition coefficient (Wildman–Crippen LogP) is 1.62. The van der Waals surface area contributed by atoms with E-state index in [0.29, 0.717) is 6.54 Å². The van der Waals surface area contributed by atoms with Crippen molar-refractivity contribution < 1.29 is 9.59 Å². The van der Waals surface area contributed by atoms with E-state index in [2.05, 4.69) is 38.4 Å². The van der Waals surface area contributed by atoms with Crippen molar-refractivity contribution in [1.82, 2.24) is 15.5 Å². The second-order valence-electron chi connectivity index (χ2n) is 5.39. The summed E-state index contributed by atoms with van der Waals surface area (Å²) in [5.41, 5.74) is 1.31. The molecule has 5 nitrogen and oxygen atoms in total. The van der Waals surface area contributed by atoms with Gasteiger partial charge in [-0.1, -0.05) is 6.07 Å². The van der Waals surface area contributed by atoms with Crippen molar-refractivity contribution >= 4 is 34.5 Å². The summed E-state index contributed by atoms with van der Waals surface area (Å²) >= 11 is 3.51. The summed E-state index contributed by atoms with van der Waals surface area (Å²) in [7, 11) is 1.56. The molecule has 0 saturated heterocycles. The molecule has 1 aliphatic heterocycles. The van der Waals surface area contributed by atoms with Gasteiger partial charge in [-0.3, -0.25) is 14.5 Å². The van der Waals surface area contributed by atoms with Crippen LogP contribution in [0.25, 0.3) is 0 Å². The van der Waals surface area contributed by atoms with Gasteiger partial charge in [0.05, 0.1) is 19.1 Å². The smallest absolute Gasteiger partial charge is 0.239 e. The van der Waals surface area contributed by atoms with Crippen LogP contribution in [0.15, 0.2) is 29.0 Å². The van der Waals surface area contributed by atoms with E-state index in [1.54, 1.807) is 29.7 Å². The Morgan fingerprint density at radius 1 is 1.26 bits per heavy atom. The first-order chi connectivity index (χ1) is 11.2. The van der Waals surface area contributed by atoms with Gasteiger partial charge >= 0.3 is 0 Å². The molecule has 3 heterocycles. The number of likely N-dealkylation sites (N-methyl/N-ethyl adjacent to an activating group) is 1. The molecule has 0 aromatic carbocycles. The van der Waals surface area contributed by atoms with Gasteiger partial charge < -0.3 is 10.6 Å². The summed E-state index contributed by atoms with van der Waals surface area (Å²) in [6, 6.07) is 6.47. The Morgan fingerprint density at radius 2 is 2.13 bits per heavy atom. The van der Waals surface area contributed by atoms with Crippen LogP contribution in [0, 0.1) is 0 Å². The van der Waals surface area contributed by atoms with Gasteiger partial charge in [0, 0.05) is 23.3 Å². The molecule has 0 saturated carbocycles. The van der Waals surface area contributed by atoms with Crippen molar-refractivity contribution in [2.24, 2.45) is 0 Å². The van der Waals surface area contributed by atoms with Gasteiger partial charge in [-0.25, -0.2) is 0 Å². The van der Waals surface area contributed by atoms with E-state index in [1.165, 1.54) is 15.3 Å². The zero-order valence-corrected chi connectivity index (χ0v) is 14.5. The third kappa shape index (κ3) is 3.63. The average molecular weight is 349 g/mol. The number of amides is 2. The molecule has 7 heteroatoms. The second-order valence-corrected chi connectivity index (χ2v) is 7.37. The van der Waals surface area contributed by atoms with Crippen LogP contribution in [0.3, 0.4) is 0 Å². The maximum absolute atomic E-state index is 12.2. The van der Waals surface area contributed by atoms with E-state index in [4.69, 9.17) is 0 Å². The highest BCUT2D eigenvalue weighted by Crippen LogP contribution is 2.39. The SMILES string of the molecule is CNC(=O)CNC(=O)CN1CCc2sccc2[C@H]1c1cccs1. The maximum Gasteiger partial charge on any atom is 0.239 e. The molecule has 2 N–H and O–H groups in total. The van der Waals surface area contributed by atoms with E-state index in [-0.39, 0.29) is 24.4 Å². The van der Waals surface area contributed by atoms with Crippen LogP contribution < -0.4 is 10.6 Å². The lowest BCUT2D eigenvalue weighted by Gasteiger charge is -2.34. The molecule has 0 unspecified atom stereocenters. The fourth-order valence-corrected chi connectivity index (χ4v) is 4.61. The average Bonchev–Trinajstić information content (AvgIpc) is 3.23. The molecular formula is C16H19N3O2S2. The Balaban J connectivity index is 1.73. The summed E-state index contributed by atoms with van der Waals surface area (Å²) < 4.78 is 0. The van der Waals surface area contributed by atoms with Crippen LogP contribution in [0.2, 0.25) is 0 Å². The van der Waals surface area contributed by atoms with Gasteiger partial charge in [0.15, 0.2) is 0 Å². The first-order valence-electron chi connectivity index (χ1n) is 7.50. The van der Waals surface area contributed by atoms with Crippen molar-refractivity contribution in [2.45, 2.75) is 12.5 Å². The van der Waals surface area contributed by atoms with Crippen LogP contribution in [-0.2, 0) is 16.0 Å². The molecule has 2 amide bonds. The highest BCUT2D eigenvalue weighted by molar-refractivity contribution is 7.10. The van der Waals surface area contributed by atoms with Gasteiger partial charge in [0.25, 0.3) is 0 Å². The maximum atomic E-state index is 12.2. The first kappa shape index (κ1) is 16.2. The number of hydrogen-bond donors (Lipinski definition) is 2. The molecular weight excluding hydrogens is 330 g/mol. The number of nitrogens with one attached hydrogen (secondary N) is 2. The molecule has 23 heavy (non-hydrogen) atoms. The van der Waals surface area contributed by atoms with Crippen molar-refractivity contribution in [2.75, 3.05) is 26.7 Å². The molecule has 2 aromatic rings. The third-order valence-corrected chi connectivity index (χ3v) is 5.87. The van der Waals surface area contributed by atoms with E-state index >= 15 is 0 Å². The molecule has 0 fully saturated rings. The summed E-state index contributed by atoms with van der Waals surface area (Å²) in [4.78, 5) is 28.3. The van der Waals surface area contributed by atoms with Gasteiger partial charge in [-0.2, -0.15) is 0 Å². The molecule has 122 valence electrons. The van der Waals surface area contributed by atoms with E-state index in [9.17, 15) is 9.59 Å². The lowest BCUT2D eigenvalue weighted by atomic mass is 9.98. The van der Waals surface area contributed by atoms with Crippen LogP contribution >= 0.6 is 22.7 Å². The minimum absolute atomic E-state index is 0.0243. The number of carbonyl (C=O) groups is 2. The van der Waals surface area contributed by atoms with E-state index < -0.39 is 0 Å². The standard InChI is InChI=1S/C16H19N3O2S2/c1-17-14(20)9-18-15(21)10-19-6-4-12-11(5-8-23-12)16(19)13-3-2-7-22-13/h2-3,5,7-8,16H,4,6,9-10H2,1H3,(H,17,20)(H,18,21)/t16-/m0/s1. The Bertz CT molecular complexity index is 681. The van der Waals surface area contributed by atoms with Crippen molar-refractivity contribution in [3.63, 3.8) is 0 Å². The topological polar surface area (TPSA) is 61.4 Å². The molecule has 0 bridgehead atoms. The Hall–Kier alpha value is -1.70. The molecule has 1 atom stereocenters. The number of fused-ring (bicyclic) bond motifs is 1. The molecule has 2 aromatic heterocycles. The predicted molar refractivity (Wildman–Crippen MR) is 92.8 cm³/mol. The van der Waals surface area contributed by atoms with E-state index in [1.807, 2.05) is 6.07 Å². The third-order valence-electron chi connectivity index (χ3n) is 3.95. The molecule has 0 radical (unpaired) electrons. The first-order valence-corrected chi connectivity index (χ1v) is 9.26. The number of nitrogens with zero attached hydrogens (tertiary/aromatic N) is 1. The van der Waals surface area contributed by atoms with Gasteiger partial charge in [0.1, 0.15) is 0 Å². The van der Waals surface area contributed by atoms with Crippen molar-refractivity contribution in [3.05, 3.63) is 44.3 Å². The fraction of sp³-hybridized carbons (Fsp3) is 0.375. The Kier molecular flexibility index (Phi) is 5.09. The van der Waals surface area contributed by atoms with Crippen LogP contribution in [0.4, 0.5) is 0 Å². The van der Waals surface area contributed by atoms with Crippen molar-refractivity contribution in [3.8, 4) is 0 Å². The fourth-order valence-electron chi connectivity index (χ4n) is 2.83. The zero-order chi connectivity index (χ0) is 16.2. The molecule has 0 aliphatic carbocycles. The minimum Gasteiger partial charge on any atom is -0.358 e. The Morgan fingerprint density at radius 3 is 2.87 bits per heavy atom. The van der Waals surface area contributed by atoms with E-state index in [0.717, 1.165) is 13.0 Å². The van der Waals surface area contributed by atoms with Gasteiger partial charge in [-0.05, 0) is 34.9 Å². The summed E-state index contributed by atoms with van der Waals surface area (Å²) in [6.07, 6.45) is 0.970. The Labute approximate surface area is 143 Å². The van der Waals surface area contributed by atoms with Crippen LogP contribution in [-0.4, -0.2) is 43.4 Å². The molecule has 1 aliphatic rings. The van der Waals surface area contributed by atoms with Gasteiger partial charge in [-0.15, -0.1) is 22.7 Å². The molecule has 3 rings (SSSR count). The second kappa shape index (κ2) is 7.25. The molecule has 0 spiro atoms. The van der Waals surface area contributed by atoms with Crippen molar-refractivity contribution in [1.29, 1.82) is 0 Å². The summed E-state index contributed by atoms with van der Waals surface area (Å²) in [6.45, 7) is 1.18. The number of rotatable bonds is 5. The number of hydrogen-bond acceptors (Lipinski definition) is 5. The largest absolute Gasteiger partial charge is 0.358 e. The lowest BCUT2D eigenvalue weighted by molar-refractivity contribution is -0.126. The minimum atomic E-state index is -0.188. The summed E-state index contributed by atoms with van der Waals surface area (Å²) in [5.74, 6) is -0.305. The quantitative estimate of drug-likeness (QED) is 0.862. The highest BCUT2D eigenvalue weighted by Gasteiger charge is 2.31. The summed E-state index contributed by atoms with van der Waals surface area (Å²) in [5, 5.41) is 9.37.